The van der Waals surface area contributed by atoms with Gasteiger partial charge in [0.2, 0.25) is 0 Å². The Hall–Kier alpha value is -0.340. The van der Waals surface area contributed by atoms with Crippen LogP contribution in [0.15, 0.2) is 11.6 Å². The van der Waals surface area contributed by atoms with E-state index >= 15 is 0 Å². The molecule has 0 amide bonds. The summed E-state index contributed by atoms with van der Waals surface area (Å²) in [4.78, 5) is 0. The molecule has 1 spiro atoms. The van der Waals surface area contributed by atoms with Gasteiger partial charge in [0.1, 0.15) is 0 Å². The van der Waals surface area contributed by atoms with E-state index in [4.69, 9.17) is 4.74 Å². The van der Waals surface area contributed by atoms with Crippen molar-refractivity contribution in [3.8, 4) is 0 Å². The van der Waals surface area contributed by atoms with E-state index in [1.807, 2.05) is 0 Å². The summed E-state index contributed by atoms with van der Waals surface area (Å²) in [5, 5.41) is 11.1. The van der Waals surface area contributed by atoms with Gasteiger partial charge in [0.05, 0.1) is 17.8 Å². The number of rotatable bonds is 3. The van der Waals surface area contributed by atoms with Crippen molar-refractivity contribution < 1.29 is 9.84 Å². The summed E-state index contributed by atoms with van der Waals surface area (Å²) in [5.74, 6) is 2.63. The first kappa shape index (κ1) is 15.2. The summed E-state index contributed by atoms with van der Waals surface area (Å²) in [6.07, 6.45) is 9.58. The maximum Gasteiger partial charge on any atom is 0.0948 e. The Kier molecular flexibility index (Phi) is 3.18. The number of aliphatic hydroxyl groups is 1. The van der Waals surface area contributed by atoms with Crippen molar-refractivity contribution in [2.24, 2.45) is 29.1 Å². The number of ether oxygens (including phenoxy) is 1. The summed E-state index contributed by atoms with van der Waals surface area (Å²) >= 11 is 0. The minimum Gasteiger partial charge on any atom is -0.390 e. The molecule has 2 heteroatoms. The van der Waals surface area contributed by atoms with Crippen LogP contribution in [0.4, 0.5) is 0 Å². The van der Waals surface area contributed by atoms with Crippen LogP contribution in [0, 0.1) is 29.1 Å². The molecule has 4 aliphatic rings. The van der Waals surface area contributed by atoms with Crippen LogP contribution in [-0.4, -0.2) is 22.9 Å². The van der Waals surface area contributed by atoms with Gasteiger partial charge in [-0.3, -0.25) is 0 Å². The first-order valence-electron chi connectivity index (χ1n) is 9.30. The van der Waals surface area contributed by atoms with Gasteiger partial charge >= 0.3 is 0 Å². The van der Waals surface area contributed by atoms with Crippen molar-refractivity contribution in [3.63, 3.8) is 0 Å². The number of fused-ring (bicyclic) bond motifs is 4. The molecule has 22 heavy (non-hydrogen) atoms. The van der Waals surface area contributed by atoms with Crippen LogP contribution in [0.3, 0.4) is 0 Å². The summed E-state index contributed by atoms with van der Waals surface area (Å²) in [6.45, 7) is 9.94. The van der Waals surface area contributed by atoms with Gasteiger partial charge in [0.15, 0.2) is 0 Å². The molecule has 1 heterocycles. The van der Waals surface area contributed by atoms with Crippen LogP contribution in [0.1, 0.15) is 66.2 Å². The van der Waals surface area contributed by atoms with Crippen LogP contribution >= 0.6 is 0 Å². The van der Waals surface area contributed by atoms with E-state index in [9.17, 15) is 5.11 Å². The van der Waals surface area contributed by atoms with Gasteiger partial charge in [-0.25, -0.2) is 0 Å². The van der Waals surface area contributed by atoms with Crippen LogP contribution in [0.5, 0.6) is 0 Å². The highest BCUT2D eigenvalue weighted by Gasteiger charge is 2.73. The largest absolute Gasteiger partial charge is 0.390 e. The predicted octanol–water partition coefficient (Wildman–Crippen LogP) is 4.33. The quantitative estimate of drug-likeness (QED) is 0.622. The van der Waals surface area contributed by atoms with Crippen molar-refractivity contribution in [1.82, 2.24) is 0 Å². The summed E-state index contributed by atoms with van der Waals surface area (Å²) in [7, 11) is 0. The zero-order valence-corrected chi connectivity index (χ0v) is 14.7. The van der Waals surface area contributed by atoms with Gasteiger partial charge in [-0.15, -0.1) is 0 Å². The Labute approximate surface area is 135 Å². The van der Waals surface area contributed by atoms with Gasteiger partial charge in [-0.1, -0.05) is 18.6 Å². The van der Waals surface area contributed by atoms with E-state index in [0.29, 0.717) is 17.3 Å². The second-order valence-corrected chi connectivity index (χ2v) is 9.38. The van der Waals surface area contributed by atoms with Gasteiger partial charge in [0, 0.05) is 0 Å². The SMILES string of the molecule is CC(C)=CCC[C@]1(C)[C@H]2[C@H]3[C@@H](CC[C@]3(C)O)[C@]3(CC[C@H]21)CO3. The maximum absolute atomic E-state index is 11.1. The highest BCUT2D eigenvalue weighted by Crippen LogP contribution is 2.75. The molecule has 1 N–H and O–H groups in total. The minimum absolute atomic E-state index is 0.166. The number of epoxide rings is 1. The van der Waals surface area contributed by atoms with E-state index in [-0.39, 0.29) is 5.60 Å². The van der Waals surface area contributed by atoms with E-state index in [2.05, 4.69) is 33.8 Å². The van der Waals surface area contributed by atoms with Crippen molar-refractivity contribution in [2.45, 2.75) is 77.4 Å². The van der Waals surface area contributed by atoms with E-state index in [1.54, 1.807) is 0 Å². The Morgan fingerprint density at radius 3 is 2.45 bits per heavy atom. The van der Waals surface area contributed by atoms with E-state index in [0.717, 1.165) is 24.9 Å². The zero-order valence-electron chi connectivity index (χ0n) is 14.7. The smallest absolute Gasteiger partial charge is 0.0948 e. The third-order valence-electron chi connectivity index (χ3n) is 7.74. The minimum atomic E-state index is -0.467. The molecule has 0 aromatic heterocycles. The monoisotopic (exact) mass is 304 g/mol. The lowest BCUT2D eigenvalue weighted by atomic mass is 9.74. The van der Waals surface area contributed by atoms with Gasteiger partial charge in [-0.2, -0.15) is 0 Å². The highest BCUT2D eigenvalue weighted by molar-refractivity contribution is 5.22. The lowest BCUT2D eigenvalue weighted by Crippen LogP contribution is -2.39. The molecule has 0 aromatic carbocycles. The number of allylic oxidation sites excluding steroid dienone is 2. The fraction of sp³-hybridized carbons (Fsp3) is 0.900. The average Bonchev–Trinajstić information content (AvgIpc) is 3.28. The molecule has 124 valence electrons. The molecular weight excluding hydrogens is 272 g/mol. The van der Waals surface area contributed by atoms with Crippen molar-refractivity contribution in [1.29, 1.82) is 0 Å². The molecule has 0 aromatic rings. The average molecular weight is 304 g/mol. The normalized spacial score (nSPS) is 55.3. The molecule has 4 rings (SSSR count). The molecule has 3 aliphatic carbocycles. The highest BCUT2D eigenvalue weighted by atomic mass is 16.6. The topological polar surface area (TPSA) is 32.8 Å². The van der Waals surface area contributed by atoms with Crippen molar-refractivity contribution >= 4 is 0 Å². The van der Waals surface area contributed by atoms with Gasteiger partial charge in [-0.05, 0) is 88.4 Å². The first-order chi connectivity index (χ1) is 10.3. The standard InChI is InChI=1S/C20H32O2/c1-13(2)6-5-9-18(3)14-8-11-20(12-22-20)15-7-10-19(4,21)17(15)16(14)18/h6,14-17,21H,5,7-12H2,1-4H3/t14-,15-,16-,17-,18+,19+,20+/m1/s1. The van der Waals surface area contributed by atoms with Crippen molar-refractivity contribution in [3.05, 3.63) is 11.6 Å². The molecule has 4 fully saturated rings. The molecule has 3 saturated carbocycles. The molecule has 7 atom stereocenters. The Balaban J connectivity index is 1.57. The Bertz CT molecular complexity index is 498. The maximum atomic E-state index is 11.1. The fourth-order valence-electron chi connectivity index (χ4n) is 6.38. The predicted molar refractivity (Wildman–Crippen MR) is 88.5 cm³/mol. The third kappa shape index (κ3) is 2.06. The summed E-state index contributed by atoms with van der Waals surface area (Å²) in [5.41, 5.74) is 1.59. The zero-order chi connectivity index (χ0) is 15.8. The molecule has 0 radical (unpaired) electrons. The van der Waals surface area contributed by atoms with Crippen LogP contribution in [0.2, 0.25) is 0 Å². The fourth-order valence-corrected chi connectivity index (χ4v) is 6.38. The molecule has 2 nitrogen and oxygen atoms in total. The summed E-state index contributed by atoms with van der Waals surface area (Å²) in [6, 6.07) is 0. The van der Waals surface area contributed by atoms with Gasteiger partial charge < -0.3 is 9.84 Å². The van der Waals surface area contributed by atoms with Gasteiger partial charge in [0.25, 0.3) is 0 Å². The summed E-state index contributed by atoms with van der Waals surface area (Å²) < 4.78 is 5.95. The molecule has 0 unspecified atom stereocenters. The van der Waals surface area contributed by atoms with E-state index < -0.39 is 5.60 Å². The van der Waals surface area contributed by atoms with Crippen LogP contribution in [-0.2, 0) is 4.74 Å². The van der Waals surface area contributed by atoms with Crippen LogP contribution in [0.25, 0.3) is 0 Å². The molecular formula is C20H32O2. The van der Waals surface area contributed by atoms with E-state index in [1.165, 1.54) is 37.7 Å². The first-order valence-corrected chi connectivity index (χ1v) is 9.30. The molecule has 1 aliphatic heterocycles. The number of hydrogen-bond acceptors (Lipinski definition) is 2. The third-order valence-corrected chi connectivity index (χ3v) is 7.74. The van der Waals surface area contributed by atoms with Crippen molar-refractivity contribution in [2.75, 3.05) is 6.61 Å². The second-order valence-electron chi connectivity index (χ2n) is 9.38. The number of hydrogen-bond donors (Lipinski definition) is 1. The molecule has 0 bridgehead atoms. The molecule has 1 saturated heterocycles. The lowest BCUT2D eigenvalue weighted by Gasteiger charge is -2.33. The Morgan fingerprint density at radius 2 is 1.82 bits per heavy atom. The Morgan fingerprint density at radius 1 is 1.14 bits per heavy atom. The van der Waals surface area contributed by atoms with Crippen LogP contribution < -0.4 is 0 Å². The lowest BCUT2D eigenvalue weighted by molar-refractivity contribution is -0.0166. The second kappa shape index (κ2) is 4.60.